The van der Waals surface area contributed by atoms with Crippen LogP contribution in [0.2, 0.25) is 0 Å². The third kappa shape index (κ3) is 24.2. The highest BCUT2D eigenvalue weighted by Gasteiger charge is 2.62. The first kappa shape index (κ1) is 106. The second-order valence-corrected chi connectivity index (χ2v) is 32.5. The van der Waals surface area contributed by atoms with Gasteiger partial charge in [-0.05, 0) is 0 Å². The van der Waals surface area contributed by atoms with E-state index in [1.165, 1.54) is 0 Å². The summed E-state index contributed by atoms with van der Waals surface area (Å²) in [7, 11) is 0. The van der Waals surface area contributed by atoms with E-state index in [1.807, 2.05) is 0 Å². The lowest BCUT2D eigenvalue weighted by atomic mass is 9.93. The smallest absolute Gasteiger partial charge is 0.217 e. The van der Waals surface area contributed by atoms with Crippen molar-refractivity contribution in [3.8, 4) is 0 Å². The van der Waals surface area contributed by atoms with Crippen molar-refractivity contribution in [1.82, 2.24) is 31.9 Å². The Morgan fingerprint density at radius 2 is 0.419 bits per heavy atom. The fourth-order valence-electron chi connectivity index (χ4n) is 16.6. The average molecular weight is 1890 g/mol. The maximum absolute atomic E-state index is 13.4. The van der Waals surface area contributed by atoms with Gasteiger partial charge < -0.3 is 255 Å². The van der Waals surface area contributed by atoms with Crippen molar-refractivity contribution in [2.24, 2.45) is 0 Å². The predicted molar refractivity (Wildman–Crippen MR) is 399 cm³/mol. The Labute approximate surface area is 731 Å². The highest BCUT2D eigenvalue weighted by molar-refractivity contribution is 5.75. The number of rotatable bonds is 34. The summed E-state index contributed by atoms with van der Waals surface area (Å²) >= 11 is 0. The first-order valence-electron chi connectivity index (χ1n) is 41.1. The quantitative estimate of drug-likeness (QED) is 0.0284. The molecular weight excluding hydrogens is 1760 g/mol. The second kappa shape index (κ2) is 46.7. The van der Waals surface area contributed by atoms with Gasteiger partial charge in [0.2, 0.25) is 35.4 Å². The maximum Gasteiger partial charge on any atom is 0.217 e. The summed E-state index contributed by atoms with van der Waals surface area (Å²) in [6.45, 7) is -5.30. The van der Waals surface area contributed by atoms with Gasteiger partial charge in [0.05, 0.1) is 66.1 Å². The summed E-state index contributed by atoms with van der Waals surface area (Å²) in [6.07, 6.45) is -93.3. The van der Waals surface area contributed by atoms with Crippen molar-refractivity contribution in [2.75, 3.05) is 66.1 Å². The minimum absolute atomic E-state index is 0.801. The van der Waals surface area contributed by atoms with Crippen molar-refractivity contribution in [3.05, 3.63) is 0 Å². The molecule has 0 aromatic carbocycles. The van der Waals surface area contributed by atoms with E-state index in [0.29, 0.717) is 0 Å². The molecule has 10 aliphatic heterocycles. The summed E-state index contributed by atoms with van der Waals surface area (Å²) in [4.78, 5) is 76.2. The molecule has 0 unspecified atom stereocenters. The monoisotopic (exact) mass is 1880 g/mol. The second-order valence-electron chi connectivity index (χ2n) is 32.5. The lowest BCUT2D eigenvalue weighted by Gasteiger charge is -2.51. The minimum Gasteiger partial charge on any atom is -0.394 e. The lowest BCUT2D eigenvalue weighted by molar-refractivity contribution is -0.400. The Morgan fingerprint density at radius 1 is 0.202 bits per heavy atom. The molecule has 10 rings (SSSR count). The normalized spacial score (nSPS) is 47.5. The van der Waals surface area contributed by atoms with E-state index in [9.17, 15) is 162 Å². The SMILES string of the molecule is CC(=O)N[C@@H]1[C@@H](O)[C@H](O[C@@H]2O[C@H](CO)[C@@H](O[C@@H]3O[C@H](CO[C@H]4O[C@H](CO)[C@@H](O)[C@H](O)[C@@H]4O[C@@H]4O[C@H](CO)[C@@H](O)[C@H](O)[C@H]4NC(C)=O)[C@@H](O)[C@H](O[C@H]4O[C@H](CO)[C@@H](O)[C@H](O)[C@@H]4O[C@@H]4O[C@H](CO)[C@@H](O[C@@H]5O[C@H](CO[C@@H]6O[C@H](CO)[C@@H](O)[C@H](O)[C@H]6NC(C)=O)[C@H](O)[C@H](O[C@@H]6O[C@H](CO)[C@@H](O)[C@H](O)[C@H]6NC(C)=O)[C@H]5O)[C@H](O)[C@H]4NC(C)=O)[C@@H]3O)[C@H](O)[C@H]2NC(C)=O)[C@@H](CO)O[C@H]1O. The van der Waals surface area contributed by atoms with Crippen molar-refractivity contribution in [2.45, 2.75) is 348 Å². The first-order chi connectivity index (χ1) is 61.0. The van der Waals surface area contributed by atoms with Crippen LogP contribution < -0.4 is 31.9 Å². The van der Waals surface area contributed by atoms with Crippen molar-refractivity contribution in [1.29, 1.82) is 0 Å². The molecule has 0 spiro atoms. The van der Waals surface area contributed by atoms with Gasteiger partial charge >= 0.3 is 0 Å². The van der Waals surface area contributed by atoms with Gasteiger partial charge in [0.25, 0.3) is 0 Å². The Bertz CT molecular complexity index is 3570. The number of hydrogen-bond donors (Lipinski definition) is 32. The van der Waals surface area contributed by atoms with E-state index in [0.717, 1.165) is 41.5 Å². The molecule has 57 heteroatoms. The van der Waals surface area contributed by atoms with Crippen LogP contribution in [0.5, 0.6) is 0 Å². The zero-order valence-electron chi connectivity index (χ0n) is 69.8. The van der Waals surface area contributed by atoms with Crippen LogP contribution in [-0.2, 0) is 119 Å². The van der Waals surface area contributed by atoms with Crippen LogP contribution in [0.15, 0.2) is 0 Å². The van der Waals surface area contributed by atoms with Crippen LogP contribution in [0, 0.1) is 0 Å². The van der Waals surface area contributed by atoms with E-state index >= 15 is 0 Å². The van der Waals surface area contributed by atoms with Gasteiger partial charge in [-0.1, -0.05) is 0 Å². The minimum atomic E-state index is -2.62. The number of nitrogens with one attached hydrogen (secondary N) is 6. The molecule has 57 nitrogen and oxygen atoms in total. The van der Waals surface area contributed by atoms with Crippen LogP contribution >= 0.6 is 0 Å². The predicted octanol–water partition coefficient (Wildman–Crippen LogP) is -21.9. The summed E-state index contributed by atoms with van der Waals surface area (Å²) in [5.74, 6) is -5.37. The van der Waals surface area contributed by atoms with E-state index in [4.69, 9.17) is 90.0 Å². The van der Waals surface area contributed by atoms with E-state index in [-0.39, 0.29) is 0 Å². The molecule has 32 N–H and O–H groups in total. The zero-order valence-corrected chi connectivity index (χ0v) is 69.8. The maximum atomic E-state index is 13.4. The number of carbonyl (C=O) groups is 6. The molecule has 10 aliphatic rings. The molecule has 10 heterocycles. The van der Waals surface area contributed by atoms with Crippen molar-refractivity contribution in [3.63, 3.8) is 0 Å². The number of aliphatic hydroxyl groups is 26. The molecule has 0 aromatic heterocycles. The molecule has 0 aliphatic carbocycles. The Morgan fingerprint density at radius 3 is 0.752 bits per heavy atom. The number of carbonyl (C=O) groups excluding carboxylic acids is 6. The van der Waals surface area contributed by atoms with Crippen molar-refractivity contribution >= 4 is 35.4 Å². The molecule has 0 radical (unpaired) electrons. The number of aliphatic hydroxyl groups excluding tert-OH is 26. The van der Waals surface area contributed by atoms with Gasteiger partial charge in [-0.3, -0.25) is 28.8 Å². The largest absolute Gasteiger partial charge is 0.394 e. The molecule has 0 saturated carbocycles. The third-order valence-electron chi connectivity index (χ3n) is 23.3. The van der Waals surface area contributed by atoms with Crippen molar-refractivity contribution < 1.29 is 252 Å². The average Bonchev–Trinajstić information content (AvgIpc) is 0.765. The van der Waals surface area contributed by atoms with Crippen LogP contribution in [-0.4, -0.2) is 541 Å². The Kier molecular flexibility index (Phi) is 38.4. The molecule has 6 amide bonds. The summed E-state index contributed by atoms with van der Waals surface area (Å²) in [5, 5.41) is 308. The number of hydrogen-bond acceptors (Lipinski definition) is 51. The number of amides is 6. The van der Waals surface area contributed by atoms with Gasteiger partial charge in [0, 0.05) is 41.5 Å². The van der Waals surface area contributed by atoms with E-state index in [1.54, 1.807) is 0 Å². The van der Waals surface area contributed by atoms with Gasteiger partial charge in [-0.25, -0.2) is 0 Å². The van der Waals surface area contributed by atoms with E-state index < -0.39 is 408 Å². The van der Waals surface area contributed by atoms with Gasteiger partial charge in [0.1, 0.15) is 244 Å². The number of ether oxygens (including phenoxy) is 19. The lowest BCUT2D eigenvalue weighted by Crippen LogP contribution is -2.71. The summed E-state index contributed by atoms with van der Waals surface area (Å²) in [6, 6.07) is -11.0. The fraction of sp³-hybridized carbons (Fsp3) is 0.917. The van der Waals surface area contributed by atoms with Gasteiger partial charge in [-0.2, -0.15) is 0 Å². The van der Waals surface area contributed by atoms with Crippen LogP contribution in [0.3, 0.4) is 0 Å². The Balaban J connectivity index is 0.982. The van der Waals surface area contributed by atoms with Crippen LogP contribution in [0.25, 0.3) is 0 Å². The molecule has 744 valence electrons. The van der Waals surface area contributed by atoms with Crippen LogP contribution in [0.4, 0.5) is 0 Å². The van der Waals surface area contributed by atoms with E-state index in [2.05, 4.69) is 31.9 Å². The van der Waals surface area contributed by atoms with Gasteiger partial charge in [-0.15, -0.1) is 0 Å². The fourth-order valence-corrected chi connectivity index (χ4v) is 16.6. The first-order valence-corrected chi connectivity index (χ1v) is 41.1. The summed E-state index contributed by atoms with van der Waals surface area (Å²) in [5.41, 5.74) is 0. The highest BCUT2D eigenvalue weighted by atomic mass is 16.8. The highest BCUT2D eigenvalue weighted by Crippen LogP contribution is 2.41. The van der Waals surface area contributed by atoms with Gasteiger partial charge in [0.15, 0.2) is 62.9 Å². The van der Waals surface area contributed by atoms with Crippen LogP contribution in [0.1, 0.15) is 41.5 Å². The standard InChI is InChI=1S/C72H120N6O51/c1-17(87)73-33-49(103)56(28(12-84)113-63(33)110)123-67-37(77-21(5)91)50(104)57(29(13-85)119-67)125-70-55(109)60(45(99)32(122-70)16-112-71-61(52(106)42(96)26(10-82)117-71)128-66-36(76-20(4)90)48(102)41(95)25(9-81)116-66)127-72-62(53(107)43(97)27(11-83)118-72)129-68-38(78-22(6)92)51(105)58(30(14-86)120-68)124-69-54(108)59(126-65-35(75-19(3)89)47(101)40(94)24(8-80)115-65)44(98)31(121-69)15-111-64-34(74-18(2)88)46(100)39(93)23(7-79)114-64/h23-72,79-86,93-110H,7-16H2,1-6H3,(H,73,87)(H,74,88)(H,75,89)(H,76,90)(H,77,91)(H,78,92)/t23-,24-,25-,26-,27-,28-,29-,30-,31-,32-,33-,34-,35-,36-,37-,38-,39-,40-,41-,42-,43-,44+,45-,46-,47-,48-,49-,50-,51-,52+,53+,54-,55+,56-,57-,58-,59+,60+,61+,62+,63-,64-,65+,66+,67+,68+,69+,70+,71+,72-/m1/s1. The zero-order chi connectivity index (χ0) is 95.1. The molecular formula is C72H120N6O51. The topological polar surface area (TPSA) is 876 Å². The molecule has 10 fully saturated rings. The molecule has 10 saturated heterocycles. The Hall–Kier alpha value is -4.98. The molecule has 129 heavy (non-hydrogen) atoms. The third-order valence-corrected chi connectivity index (χ3v) is 23.3. The molecule has 0 bridgehead atoms. The molecule has 50 atom stereocenters. The molecule has 0 aromatic rings. The summed E-state index contributed by atoms with van der Waals surface area (Å²) < 4.78 is 114.